The van der Waals surface area contributed by atoms with Gasteiger partial charge in [-0.05, 0) is 37.1 Å². The second-order valence-corrected chi connectivity index (χ2v) is 10.4. The van der Waals surface area contributed by atoms with Crippen LogP contribution in [0.15, 0.2) is 55.2 Å². The summed E-state index contributed by atoms with van der Waals surface area (Å²) in [7, 11) is 0. The molecule has 1 amide bonds. The number of anilines is 2. The van der Waals surface area contributed by atoms with Crippen LogP contribution >= 0.6 is 0 Å². The van der Waals surface area contributed by atoms with E-state index in [1.807, 2.05) is 12.3 Å². The Morgan fingerprint density at radius 3 is 2.56 bits per heavy atom. The lowest BCUT2D eigenvalue weighted by Crippen LogP contribution is -2.47. The summed E-state index contributed by atoms with van der Waals surface area (Å²) < 4.78 is 40.7. The van der Waals surface area contributed by atoms with E-state index < -0.39 is 17.6 Å². The minimum atomic E-state index is -4.58. The number of halogens is 3. The molecule has 0 aliphatic carbocycles. The van der Waals surface area contributed by atoms with Crippen LogP contribution in [-0.4, -0.2) is 73.5 Å². The lowest BCUT2D eigenvalue weighted by Gasteiger charge is -2.36. The number of aromatic nitrogens is 6. The smallest absolute Gasteiger partial charge is 0.368 e. The van der Waals surface area contributed by atoms with Crippen LogP contribution in [0, 0.1) is 12.8 Å². The number of carbonyl (C=O) groups is 1. The third kappa shape index (κ3) is 6.68. The van der Waals surface area contributed by atoms with E-state index in [2.05, 4.69) is 54.2 Å². The van der Waals surface area contributed by atoms with Crippen LogP contribution < -0.4 is 10.2 Å². The monoisotopic (exact) mass is 565 g/mol. The molecule has 214 valence electrons. The summed E-state index contributed by atoms with van der Waals surface area (Å²) in [5.41, 5.74) is 2.55. The number of amides is 1. The number of hydrogen-bond acceptors (Lipinski definition) is 8. The molecule has 5 rings (SSSR count). The molecule has 0 unspecified atom stereocenters. The lowest BCUT2D eigenvalue weighted by atomic mass is 10.1. The van der Waals surface area contributed by atoms with Crippen molar-refractivity contribution in [2.24, 2.45) is 5.92 Å². The molecule has 4 aromatic rings. The highest BCUT2D eigenvalue weighted by Gasteiger charge is 2.31. The number of nitrogens with zero attached hydrogens (tertiary/aromatic N) is 8. The molecule has 0 spiro atoms. The Labute approximate surface area is 235 Å². The molecule has 4 aromatic heterocycles. The number of piperazine rings is 1. The zero-order valence-corrected chi connectivity index (χ0v) is 22.9. The van der Waals surface area contributed by atoms with Gasteiger partial charge in [-0.3, -0.25) is 24.6 Å². The molecule has 1 fully saturated rings. The maximum atomic E-state index is 13.0. The lowest BCUT2D eigenvalue weighted by molar-refractivity contribution is -0.137. The number of aryl methyl sites for hydroxylation is 1. The minimum Gasteiger partial charge on any atom is -0.368 e. The molecular weight excluding hydrogens is 535 g/mol. The van der Waals surface area contributed by atoms with Gasteiger partial charge in [0, 0.05) is 50.7 Å². The van der Waals surface area contributed by atoms with Gasteiger partial charge in [0.25, 0.3) is 5.91 Å². The van der Waals surface area contributed by atoms with Gasteiger partial charge in [-0.25, -0.2) is 4.68 Å². The normalized spacial score (nSPS) is 14.5. The van der Waals surface area contributed by atoms with Crippen molar-refractivity contribution in [2.45, 2.75) is 26.9 Å². The average molecular weight is 566 g/mol. The van der Waals surface area contributed by atoms with Crippen LogP contribution in [0.3, 0.4) is 0 Å². The van der Waals surface area contributed by atoms with Crippen LogP contribution in [0.25, 0.3) is 16.9 Å². The first-order valence-electron chi connectivity index (χ1n) is 13.2. The van der Waals surface area contributed by atoms with Crippen molar-refractivity contribution in [3.8, 4) is 16.9 Å². The molecule has 1 aliphatic rings. The molecule has 0 radical (unpaired) electrons. The summed E-state index contributed by atoms with van der Waals surface area (Å²) in [6.07, 6.45) is 3.10. The zero-order valence-electron chi connectivity index (χ0n) is 22.9. The van der Waals surface area contributed by atoms with Crippen molar-refractivity contribution in [2.75, 3.05) is 42.9 Å². The van der Waals surface area contributed by atoms with E-state index in [4.69, 9.17) is 0 Å². The fourth-order valence-electron chi connectivity index (χ4n) is 4.71. The molecule has 0 atom stereocenters. The molecule has 41 heavy (non-hydrogen) atoms. The van der Waals surface area contributed by atoms with Crippen LogP contribution in [0.2, 0.25) is 0 Å². The predicted molar refractivity (Wildman–Crippen MR) is 148 cm³/mol. The second kappa shape index (κ2) is 11.6. The number of nitrogens with one attached hydrogen (secondary N) is 1. The van der Waals surface area contributed by atoms with E-state index in [-0.39, 0.29) is 11.4 Å². The van der Waals surface area contributed by atoms with Crippen LogP contribution in [-0.2, 0) is 6.18 Å². The van der Waals surface area contributed by atoms with E-state index >= 15 is 0 Å². The van der Waals surface area contributed by atoms with Gasteiger partial charge in [0.2, 0.25) is 0 Å². The average Bonchev–Trinajstić information content (AvgIpc) is 3.44. The standard InChI is InChI=1S/C28H30F3N9O/c1-18(2)16-38-6-8-39(9-7-38)23-10-20(13-32-15-23)25-17-40(37-36-25)26-12-22(14-34-19(26)3)35-27(41)24-11-21(4-5-33-24)28(29,30)31/h4-5,10-15,17-18H,6-9,16H2,1-3H3,(H,35,41). The molecule has 10 nitrogen and oxygen atoms in total. The van der Waals surface area contributed by atoms with Crippen molar-refractivity contribution in [3.05, 3.63) is 72.2 Å². The van der Waals surface area contributed by atoms with Crippen molar-refractivity contribution in [3.63, 3.8) is 0 Å². The van der Waals surface area contributed by atoms with E-state index in [9.17, 15) is 18.0 Å². The maximum absolute atomic E-state index is 13.0. The molecule has 0 aromatic carbocycles. The number of alkyl halides is 3. The number of hydrogen-bond donors (Lipinski definition) is 1. The first-order chi connectivity index (χ1) is 19.6. The summed E-state index contributed by atoms with van der Waals surface area (Å²) in [6.45, 7) is 11.2. The highest BCUT2D eigenvalue weighted by Crippen LogP contribution is 2.29. The quantitative estimate of drug-likeness (QED) is 0.350. The first kappa shape index (κ1) is 28.1. The second-order valence-electron chi connectivity index (χ2n) is 10.4. The number of rotatable bonds is 7. The van der Waals surface area contributed by atoms with Crippen molar-refractivity contribution in [1.82, 2.24) is 34.8 Å². The topological polar surface area (TPSA) is 105 Å². The molecule has 1 N–H and O–H groups in total. The van der Waals surface area contributed by atoms with E-state index in [1.165, 1.54) is 10.9 Å². The van der Waals surface area contributed by atoms with Gasteiger partial charge in [0.1, 0.15) is 11.4 Å². The molecule has 5 heterocycles. The maximum Gasteiger partial charge on any atom is 0.416 e. The van der Waals surface area contributed by atoms with Crippen molar-refractivity contribution >= 4 is 17.3 Å². The van der Waals surface area contributed by atoms with E-state index in [1.54, 1.807) is 25.4 Å². The van der Waals surface area contributed by atoms with Gasteiger partial charge >= 0.3 is 6.18 Å². The Hall–Kier alpha value is -4.39. The van der Waals surface area contributed by atoms with Gasteiger partial charge in [0.05, 0.1) is 46.9 Å². The van der Waals surface area contributed by atoms with Crippen LogP contribution in [0.4, 0.5) is 24.5 Å². The zero-order chi connectivity index (χ0) is 29.1. The third-order valence-electron chi connectivity index (χ3n) is 6.76. The molecular formula is C28H30F3N9O. The Balaban J connectivity index is 1.31. The molecule has 1 saturated heterocycles. The molecule has 0 bridgehead atoms. The van der Waals surface area contributed by atoms with Crippen LogP contribution in [0.5, 0.6) is 0 Å². The summed E-state index contributed by atoms with van der Waals surface area (Å²) >= 11 is 0. The Kier molecular flexibility index (Phi) is 7.97. The van der Waals surface area contributed by atoms with Gasteiger partial charge in [-0.15, -0.1) is 5.10 Å². The minimum absolute atomic E-state index is 0.270. The first-order valence-corrected chi connectivity index (χ1v) is 13.2. The highest BCUT2D eigenvalue weighted by atomic mass is 19.4. The summed E-state index contributed by atoms with van der Waals surface area (Å²) in [5, 5.41) is 11.1. The largest absolute Gasteiger partial charge is 0.416 e. The number of carbonyl (C=O) groups excluding carboxylic acids is 1. The Morgan fingerprint density at radius 2 is 1.83 bits per heavy atom. The van der Waals surface area contributed by atoms with Gasteiger partial charge in [0.15, 0.2) is 0 Å². The Morgan fingerprint density at radius 1 is 1.05 bits per heavy atom. The van der Waals surface area contributed by atoms with Gasteiger partial charge in [-0.2, -0.15) is 13.2 Å². The Bertz CT molecular complexity index is 1530. The van der Waals surface area contributed by atoms with Crippen molar-refractivity contribution in [1.29, 1.82) is 0 Å². The van der Waals surface area contributed by atoms with E-state index in [0.29, 0.717) is 29.1 Å². The highest BCUT2D eigenvalue weighted by molar-refractivity contribution is 6.03. The summed E-state index contributed by atoms with van der Waals surface area (Å²) in [4.78, 5) is 29.9. The summed E-state index contributed by atoms with van der Waals surface area (Å²) in [5.74, 6) is -0.155. The number of pyridine rings is 3. The SMILES string of the molecule is Cc1ncc(NC(=O)c2cc(C(F)(F)F)ccn2)cc1-n1cc(-c2cncc(N3CCN(CC(C)C)CC3)c2)nn1. The molecule has 0 saturated carbocycles. The third-order valence-corrected chi connectivity index (χ3v) is 6.76. The molecule has 13 heteroatoms. The molecule has 1 aliphatic heterocycles. The van der Waals surface area contributed by atoms with Crippen molar-refractivity contribution < 1.29 is 18.0 Å². The van der Waals surface area contributed by atoms with Gasteiger partial charge in [-0.1, -0.05) is 19.1 Å². The van der Waals surface area contributed by atoms with E-state index in [0.717, 1.165) is 56.2 Å². The fraction of sp³-hybridized carbons (Fsp3) is 0.357. The van der Waals surface area contributed by atoms with Crippen LogP contribution in [0.1, 0.15) is 35.6 Å². The van der Waals surface area contributed by atoms with Gasteiger partial charge < -0.3 is 10.2 Å². The summed E-state index contributed by atoms with van der Waals surface area (Å²) in [6, 6.07) is 5.18. The predicted octanol–water partition coefficient (Wildman–Crippen LogP) is 4.48. The fourth-order valence-corrected chi connectivity index (χ4v) is 4.71.